The van der Waals surface area contributed by atoms with Gasteiger partial charge in [0.25, 0.3) is 0 Å². The Morgan fingerprint density at radius 3 is 2.71 bits per heavy atom. The third-order valence-electron chi connectivity index (χ3n) is 5.25. The zero-order valence-electron chi connectivity index (χ0n) is 16.4. The van der Waals surface area contributed by atoms with Crippen LogP contribution in [0.25, 0.3) is 11.3 Å². The van der Waals surface area contributed by atoms with Gasteiger partial charge in [0.05, 0.1) is 23.3 Å². The van der Waals surface area contributed by atoms with E-state index in [0.717, 1.165) is 45.8 Å². The molecular weight excluding hydrogens is 431 g/mol. The molecule has 5 rings (SSSR count). The number of fused-ring (bicyclic) bond motifs is 3. The van der Waals surface area contributed by atoms with Gasteiger partial charge in [-0.2, -0.15) is 0 Å². The molecule has 5 nitrogen and oxygen atoms in total. The smallest absolute Gasteiger partial charge is 0.227 e. The monoisotopic (exact) mass is 448 g/mol. The molecule has 1 atom stereocenters. The van der Waals surface area contributed by atoms with E-state index < -0.39 is 0 Å². The lowest BCUT2D eigenvalue weighted by molar-refractivity contribution is 0.475. The minimum absolute atomic E-state index is 0.144. The number of nitrogens with zero attached hydrogens (tertiary/aromatic N) is 3. The van der Waals surface area contributed by atoms with Crippen LogP contribution in [0.3, 0.4) is 0 Å². The number of benzene rings is 2. The Kier molecular flexibility index (Phi) is 5.22. The fraction of sp³-hybridized carbons (Fsp3) is 0.125. The number of phenols is 1. The first-order chi connectivity index (χ1) is 15.1. The van der Waals surface area contributed by atoms with Gasteiger partial charge in [0.2, 0.25) is 5.95 Å². The van der Waals surface area contributed by atoms with E-state index in [2.05, 4.69) is 16.4 Å². The maximum absolute atomic E-state index is 9.49. The highest BCUT2D eigenvalue weighted by molar-refractivity contribution is 6.33. The molecule has 0 radical (unpaired) electrons. The van der Waals surface area contributed by atoms with Crippen molar-refractivity contribution in [3.8, 4) is 17.0 Å². The summed E-state index contributed by atoms with van der Waals surface area (Å²) < 4.78 is 0. The fourth-order valence-corrected chi connectivity index (χ4v) is 4.18. The molecule has 3 aromatic rings. The normalized spacial score (nSPS) is 17.2. The SMILES string of the molecule is Oc1ccc(Nc2ncc3c(n2)-c2ccc(Cl)cc2C(C2=CC=CCC2Cl)=NC3)cc1. The Hall–Kier alpha value is -3.15. The Balaban J connectivity index is 1.60. The van der Waals surface area contributed by atoms with Gasteiger partial charge in [0.15, 0.2) is 0 Å². The molecule has 0 bridgehead atoms. The molecule has 0 saturated carbocycles. The van der Waals surface area contributed by atoms with Crippen molar-refractivity contribution in [2.24, 2.45) is 4.99 Å². The van der Waals surface area contributed by atoms with Crippen molar-refractivity contribution in [3.63, 3.8) is 0 Å². The second-order valence-corrected chi connectivity index (χ2v) is 8.31. The van der Waals surface area contributed by atoms with E-state index in [4.69, 9.17) is 33.2 Å². The molecule has 0 spiro atoms. The molecule has 154 valence electrons. The minimum Gasteiger partial charge on any atom is -0.508 e. The van der Waals surface area contributed by atoms with Crippen LogP contribution in [0.2, 0.25) is 5.02 Å². The van der Waals surface area contributed by atoms with Crippen LogP contribution >= 0.6 is 23.2 Å². The average Bonchev–Trinajstić information content (AvgIpc) is 2.92. The molecule has 2 heterocycles. The number of nitrogens with one attached hydrogen (secondary N) is 1. The number of anilines is 2. The van der Waals surface area contributed by atoms with E-state index in [1.807, 2.05) is 30.4 Å². The largest absolute Gasteiger partial charge is 0.508 e. The second kappa shape index (κ2) is 8.17. The number of aromatic hydroxyl groups is 1. The van der Waals surface area contributed by atoms with Crippen molar-refractivity contribution >= 4 is 40.5 Å². The molecule has 1 aliphatic heterocycles. The molecular formula is C24H18Cl2N4O. The highest BCUT2D eigenvalue weighted by atomic mass is 35.5. The van der Waals surface area contributed by atoms with E-state index in [9.17, 15) is 5.11 Å². The van der Waals surface area contributed by atoms with E-state index >= 15 is 0 Å². The molecule has 7 heteroatoms. The van der Waals surface area contributed by atoms with Gasteiger partial charge >= 0.3 is 0 Å². The summed E-state index contributed by atoms with van der Waals surface area (Å²) in [5.74, 6) is 0.664. The Morgan fingerprint density at radius 2 is 1.90 bits per heavy atom. The number of alkyl halides is 1. The van der Waals surface area contributed by atoms with E-state index in [1.165, 1.54) is 0 Å². The van der Waals surface area contributed by atoms with Gasteiger partial charge in [-0.3, -0.25) is 4.99 Å². The van der Waals surface area contributed by atoms with Gasteiger partial charge in [0, 0.05) is 33.6 Å². The first kappa shape index (κ1) is 19.8. The highest BCUT2D eigenvalue weighted by Gasteiger charge is 2.26. The Labute approximate surface area is 189 Å². The maximum Gasteiger partial charge on any atom is 0.227 e. The van der Waals surface area contributed by atoms with Crippen LogP contribution in [0.4, 0.5) is 11.6 Å². The maximum atomic E-state index is 9.49. The third kappa shape index (κ3) is 3.94. The van der Waals surface area contributed by atoms with Crippen LogP contribution in [-0.2, 0) is 6.54 Å². The number of rotatable bonds is 3. The van der Waals surface area contributed by atoms with Crippen molar-refractivity contribution in [1.29, 1.82) is 0 Å². The van der Waals surface area contributed by atoms with E-state index in [0.29, 0.717) is 17.5 Å². The van der Waals surface area contributed by atoms with Crippen molar-refractivity contribution < 1.29 is 5.11 Å². The quantitative estimate of drug-likeness (QED) is 0.378. The van der Waals surface area contributed by atoms with Gasteiger partial charge in [-0.05, 0) is 48.4 Å². The highest BCUT2D eigenvalue weighted by Crippen LogP contribution is 2.35. The van der Waals surface area contributed by atoms with Gasteiger partial charge in [0.1, 0.15) is 5.75 Å². The van der Waals surface area contributed by atoms with Gasteiger partial charge in [-0.25, -0.2) is 9.97 Å². The van der Waals surface area contributed by atoms with Crippen LogP contribution in [0.1, 0.15) is 17.5 Å². The lowest BCUT2D eigenvalue weighted by Crippen LogP contribution is -2.16. The standard InChI is InChI=1S/C24H18Cl2N4O/c25-15-5-10-18-20(11-15)23(19-3-1-2-4-21(19)26)27-12-14-13-28-24(30-22(14)18)29-16-6-8-17(31)9-7-16/h1-3,5-11,13,21,31H,4,12H2,(H,28,29,30). The molecule has 0 saturated heterocycles. The van der Waals surface area contributed by atoms with Crippen LogP contribution in [0.15, 0.2) is 77.5 Å². The number of halogens is 2. The van der Waals surface area contributed by atoms with Crippen LogP contribution < -0.4 is 5.32 Å². The molecule has 2 aromatic carbocycles. The zero-order chi connectivity index (χ0) is 21.4. The molecule has 0 fully saturated rings. The molecule has 2 N–H and O–H groups in total. The molecule has 1 unspecified atom stereocenters. The van der Waals surface area contributed by atoms with Crippen molar-refractivity contribution in [3.05, 3.63) is 88.6 Å². The topological polar surface area (TPSA) is 70.4 Å². The average molecular weight is 449 g/mol. The van der Waals surface area contributed by atoms with Crippen LogP contribution in [0.5, 0.6) is 5.75 Å². The summed E-state index contributed by atoms with van der Waals surface area (Å²) in [7, 11) is 0. The van der Waals surface area contributed by atoms with E-state index in [1.54, 1.807) is 30.5 Å². The summed E-state index contributed by atoms with van der Waals surface area (Å²) in [5, 5.41) is 13.2. The lowest BCUT2D eigenvalue weighted by atomic mass is 9.91. The van der Waals surface area contributed by atoms with E-state index in [-0.39, 0.29) is 11.1 Å². The number of aromatic nitrogens is 2. The molecule has 0 amide bonds. The number of hydrogen-bond acceptors (Lipinski definition) is 5. The Morgan fingerprint density at radius 1 is 1.06 bits per heavy atom. The number of phenolic OH excluding ortho intramolecular Hbond substituents is 1. The van der Waals surface area contributed by atoms with Crippen LogP contribution in [0, 0.1) is 0 Å². The van der Waals surface area contributed by atoms with Gasteiger partial charge in [-0.1, -0.05) is 35.9 Å². The molecule has 31 heavy (non-hydrogen) atoms. The summed E-state index contributed by atoms with van der Waals surface area (Å²) in [4.78, 5) is 14.1. The summed E-state index contributed by atoms with van der Waals surface area (Å²) in [5.41, 5.74) is 6.18. The Bertz CT molecular complexity index is 1250. The van der Waals surface area contributed by atoms with Crippen molar-refractivity contribution in [2.75, 3.05) is 5.32 Å². The van der Waals surface area contributed by atoms with Crippen molar-refractivity contribution in [1.82, 2.24) is 9.97 Å². The first-order valence-corrected chi connectivity index (χ1v) is 10.7. The third-order valence-corrected chi connectivity index (χ3v) is 5.90. The molecule has 1 aliphatic carbocycles. The number of aliphatic imine (C=N–C) groups is 1. The summed E-state index contributed by atoms with van der Waals surface area (Å²) in [6, 6.07) is 12.5. The zero-order valence-corrected chi connectivity index (χ0v) is 17.9. The van der Waals surface area contributed by atoms with Gasteiger partial charge < -0.3 is 10.4 Å². The summed E-state index contributed by atoms with van der Waals surface area (Å²) in [6.45, 7) is 0.446. The summed E-state index contributed by atoms with van der Waals surface area (Å²) in [6.07, 6.45) is 8.64. The second-order valence-electron chi connectivity index (χ2n) is 7.35. The molecule has 1 aromatic heterocycles. The lowest BCUT2D eigenvalue weighted by Gasteiger charge is -2.19. The predicted molar refractivity (Wildman–Crippen MR) is 126 cm³/mol. The van der Waals surface area contributed by atoms with Crippen LogP contribution in [-0.4, -0.2) is 26.2 Å². The van der Waals surface area contributed by atoms with Gasteiger partial charge in [-0.15, -0.1) is 11.6 Å². The summed E-state index contributed by atoms with van der Waals surface area (Å²) >= 11 is 13.0. The number of hydrogen-bond donors (Lipinski definition) is 2. The van der Waals surface area contributed by atoms with Crippen molar-refractivity contribution in [2.45, 2.75) is 18.3 Å². The minimum atomic E-state index is -0.144. The predicted octanol–water partition coefficient (Wildman–Crippen LogP) is 6.04. The first-order valence-electron chi connectivity index (χ1n) is 9.86. The number of allylic oxidation sites excluding steroid dienone is 4. The fourth-order valence-electron chi connectivity index (χ4n) is 3.73. The molecule has 2 aliphatic rings.